The third kappa shape index (κ3) is 3.65. The Morgan fingerprint density at radius 2 is 2.05 bits per heavy atom. The molecule has 6 nitrogen and oxygen atoms in total. The molecule has 0 aliphatic carbocycles. The Hall–Kier alpha value is -2.34. The van der Waals surface area contributed by atoms with Gasteiger partial charge in [-0.15, -0.1) is 0 Å². The van der Waals surface area contributed by atoms with Gasteiger partial charge in [0.2, 0.25) is 0 Å². The number of aromatic nitrogens is 2. The maximum Gasteiger partial charge on any atom is 0.259 e. The van der Waals surface area contributed by atoms with Gasteiger partial charge in [0.15, 0.2) is 0 Å². The normalized spacial score (nSPS) is 10.5. The van der Waals surface area contributed by atoms with Crippen LogP contribution in [-0.2, 0) is 13.5 Å². The summed E-state index contributed by atoms with van der Waals surface area (Å²) in [5, 5.41) is 16.1. The molecule has 118 valence electrons. The summed E-state index contributed by atoms with van der Waals surface area (Å²) in [6, 6.07) is 7.52. The van der Waals surface area contributed by atoms with Crippen molar-refractivity contribution in [2.45, 2.75) is 13.3 Å². The van der Waals surface area contributed by atoms with Gasteiger partial charge >= 0.3 is 0 Å². The van der Waals surface area contributed by atoms with E-state index in [2.05, 4.69) is 10.4 Å². The minimum absolute atomic E-state index is 0.107. The lowest BCUT2D eigenvalue weighted by Gasteiger charge is -2.18. The highest BCUT2D eigenvalue weighted by Crippen LogP contribution is 2.18. The van der Waals surface area contributed by atoms with Crippen molar-refractivity contribution in [2.75, 3.05) is 30.4 Å². The van der Waals surface area contributed by atoms with Crippen molar-refractivity contribution in [1.82, 2.24) is 9.78 Å². The first-order chi connectivity index (χ1) is 10.5. The van der Waals surface area contributed by atoms with Gasteiger partial charge in [0.25, 0.3) is 5.91 Å². The van der Waals surface area contributed by atoms with E-state index in [1.807, 2.05) is 50.2 Å². The van der Waals surface area contributed by atoms with Crippen LogP contribution >= 0.6 is 0 Å². The van der Waals surface area contributed by atoms with E-state index in [0.29, 0.717) is 18.5 Å². The average molecular weight is 302 g/mol. The molecule has 0 aliphatic rings. The smallest absolute Gasteiger partial charge is 0.259 e. The third-order valence-electron chi connectivity index (χ3n) is 3.49. The number of carbonyl (C=O) groups is 1. The number of aliphatic hydroxyl groups excluding tert-OH is 1. The zero-order chi connectivity index (χ0) is 16.1. The summed E-state index contributed by atoms with van der Waals surface area (Å²) in [7, 11) is 3.72. The van der Waals surface area contributed by atoms with Crippen molar-refractivity contribution in [3.8, 4) is 0 Å². The van der Waals surface area contributed by atoms with Crippen molar-refractivity contribution in [1.29, 1.82) is 0 Å². The molecular weight excluding hydrogens is 280 g/mol. The van der Waals surface area contributed by atoms with Crippen LogP contribution < -0.4 is 10.2 Å². The Morgan fingerprint density at radius 1 is 1.36 bits per heavy atom. The molecule has 22 heavy (non-hydrogen) atoms. The largest absolute Gasteiger partial charge is 0.395 e. The third-order valence-corrected chi connectivity index (χ3v) is 3.49. The van der Waals surface area contributed by atoms with Gasteiger partial charge < -0.3 is 15.3 Å². The van der Waals surface area contributed by atoms with Gasteiger partial charge in [-0.1, -0.05) is 6.92 Å². The summed E-state index contributed by atoms with van der Waals surface area (Å²) in [6.45, 7) is 2.65. The van der Waals surface area contributed by atoms with E-state index in [1.54, 1.807) is 10.9 Å². The van der Waals surface area contributed by atoms with Gasteiger partial charge in [0.05, 0.1) is 17.9 Å². The Morgan fingerprint density at radius 3 is 2.64 bits per heavy atom. The summed E-state index contributed by atoms with van der Waals surface area (Å²) in [4.78, 5) is 14.3. The topological polar surface area (TPSA) is 70.4 Å². The van der Waals surface area contributed by atoms with E-state index in [4.69, 9.17) is 5.11 Å². The van der Waals surface area contributed by atoms with E-state index < -0.39 is 0 Å². The molecule has 0 aliphatic heterocycles. The van der Waals surface area contributed by atoms with Gasteiger partial charge in [-0.05, 0) is 30.7 Å². The summed E-state index contributed by atoms with van der Waals surface area (Å²) < 4.78 is 1.65. The first kappa shape index (κ1) is 16.0. The van der Waals surface area contributed by atoms with Crippen LogP contribution in [0.1, 0.15) is 23.0 Å². The zero-order valence-electron chi connectivity index (χ0n) is 13.2. The molecule has 0 atom stereocenters. The number of nitrogens with zero attached hydrogens (tertiary/aromatic N) is 3. The van der Waals surface area contributed by atoms with Crippen LogP contribution in [0.3, 0.4) is 0 Å². The quantitative estimate of drug-likeness (QED) is 0.851. The number of anilines is 2. The molecule has 0 bridgehead atoms. The van der Waals surface area contributed by atoms with Gasteiger partial charge in [-0.3, -0.25) is 9.48 Å². The molecule has 1 amide bonds. The standard InChI is InChI=1S/C16H22N4O2/c1-4-15-14(11-20(3)18-15)16(22)17-12-5-7-13(8-6-12)19(2)9-10-21/h5-8,11,21H,4,9-10H2,1-3H3,(H,17,22). The van der Waals surface area contributed by atoms with Crippen molar-refractivity contribution < 1.29 is 9.90 Å². The van der Waals surface area contributed by atoms with Gasteiger partial charge in [0.1, 0.15) is 0 Å². The van der Waals surface area contributed by atoms with Crippen LogP contribution in [0, 0.1) is 0 Å². The second-order valence-electron chi connectivity index (χ2n) is 5.16. The second-order valence-corrected chi connectivity index (χ2v) is 5.16. The van der Waals surface area contributed by atoms with E-state index in [0.717, 1.165) is 17.1 Å². The fourth-order valence-corrected chi connectivity index (χ4v) is 2.26. The lowest BCUT2D eigenvalue weighted by molar-refractivity contribution is 0.102. The SMILES string of the molecule is CCc1nn(C)cc1C(=O)Nc1ccc(N(C)CCO)cc1. The maximum absolute atomic E-state index is 12.3. The van der Waals surface area contributed by atoms with Crippen LogP contribution in [-0.4, -0.2) is 41.0 Å². The predicted octanol–water partition coefficient (Wildman–Crippen LogP) is 1.66. The van der Waals surface area contributed by atoms with E-state index >= 15 is 0 Å². The van der Waals surface area contributed by atoms with E-state index in [9.17, 15) is 4.79 Å². The lowest BCUT2D eigenvalue weighted by Crippen LogP contribution is -2.21. The number of nitrogens with one attached hydrogen (secondary N) is 1. The summed E-state index contributed by atoms with van der Waals surface area (Å²) in [5.41, 5.74) is 3.12. The monoisotopic (exact) mass is 302 g/mol. The fourth-order valence-electron chi connectivity index (χ4n) is 2.26. The number of benzene rings is 1. The van der Waals surface area contributed by atoms with Crippen molar-refractivity contribution >= 4 is 17.3 Å². The molecule has 0 saturated heterocycles. The maximum atomic E-state index is 12.3. The highest BCUT2D eigenvalue weighted by molar-refractivity contribution is 6.05. The van der Waals surface area contributed by atoms with Crippen LogP contribution in [0.5, 0.6) is 0 Å². The van der Waals surface area contributed by atoms with Crippen molar-refractivity contribution in [3.05, 3.63) is 41.7 Å². The molecule has 1 aromatic carbocycles. The van der Waals surface area contributed by atoms with Crippen LogP contribution in [0.25, 0.3) is 0 Å². The summed E-state index contributed by atoms with van der Waals surface area (Å²) in [5.74, 6) is -0.151. The number of hydrogen-bond donors (Lipinski definition) is 2. The molecule has 1 aromatic heterocycles. The molecule has 2 aromatic rings. The van der Waals surface area contributed by atoms with Crippen LogP contribution in [0.4, 0.5) is 11.4 Å². The molecule has 2 rings (SSSR count). The number of likely N-dealkylation sites (N-methyl/N-ethyl adjacent to an activating group) is 1. The first-order valence-corrected chi connectivity index (χ1v) is 7.31. The minimum atomic E-state index is -0.151. The van der Waals surface area contributed by atoms with Crippen LogP contribution in [0.15, 0.2) is 30.5 Å². The predicted molar refractivity (Wildman–Crippen MR) is 87.3 cm³/mol. The molecule has 0 unspecified atom stereocenters. The fraction of sp³-hybridized carbons (Fsp3) is 0.375. The highest BCUT2D eigenvalue weighted by atomic mass is 16.3. The van der Waals surface area contributed by atoms with Gasteiger partial charge in [-0.2, -0.15) is 5.10 Å². The van der Waals surface area contributed by atoms with Crippen LogP contribution in [0.2, 0.25) is 0 Å². The number of rotatable bonds is 6. The van der Waals surface area contributed by atoms with Crippen molar-refractivity contribution in [2.24, 2.45) is 7.05 Å². The minimum Gasteiger partial charge on any atom is -0.395 e. The Labute approximate surface area is 130 Å². The second kappa shape index (κ2) is 7.09. The Balaban J connectivity index is 2.08. The molecule has 0 saturated carbocycles. The zero-order valence-corrected chi connectivity index (χ0v) is 13.2. The van der Waals surface area contributed by atoms with Gasteiger partial charge in [-0.25, -0.2) is 0 Å². The molecule has 6 heteroatoms. The van der Waals surface area contributed by atoms with E-state index in [-0.39, 0.29) is 12.5 Å². The Kier molecular flexibility index (Phi) is 5.16. The average Bonchev–Trinajstić information content (AvgIpc) is 2.89. The number of carbonyl (C=O) groups excluding carboxylic acids is 1. The molecule has 2 N–H and O–H groups in total. The molecule has 1 heterocycles. The lowest BCUT2D eigenvalue weighted by atomic mass is 10.2. The number of amides is 1. The van der Waals surface area contributed by atoms with E-state index in [1.165, 1.54) is 0 Å². The first-order valence-electron chi connectivity index (χ1n) is 7.31. The summed E-state index contributed by atoms with van der Waals surface area (Å²) in [6.07, 6.45) is 2.45. The summed E-state index contributed by atoms with van der Waals surface area (Å²) >= 11 is 0. The highest BCUT2D eigenvalue weighted by Gasteiger charge is 2.14. The number of aryl methyl sites for hydroxylation is 2. The molecule has 0 fully saturated rings. The number of aliphatic hydroxyl groups is 1. The number of hydrogen-bond acceptors (Lipinski definition) is 4. The Bertz CT molecular complexity index is 634. The van der Waals surface area contributed by atoms with Crippen molar-refractivity contribution in [3.63, 3.8) is 0 Å². The molecule has 0 spiro atoms. The molecule has 0 radical (unpaired) electrons. The molecular formula is C16H22N4O2. The van der Waals surface area contributed by atoms with Gasteiger partial charge in [0, 0.05) is 38.2 Å².